The van der Waals surface area contributed by atoms with Crippen molar-refractivity contribution in [3.63, 3.8) is 0 Å². The molecule has 0 aromatic heterocycles. The molecule has 0 bridgehead atoms. The van der Waals surface area contributed by atoms with E-state index in [1.54, 1.807) is 7.11 Å². The van der Waals surface area contributed by atoms with Crippen LogP contribution in [0.3, 0.4) is 0 Å². The Balaban J connectivity index is 2.55. The van der Waals surface area contributed by atoms with Gasteiger partial charge < -0.3 is 9.53 Å². The Morgan fingerprint density at radius 3 is 2.27 bits per heavy atom. The van der Waals surface area contributed by atoms with E-state index in [1.807, 2.05) is 6.07 Å². The first-order valence-corrected chi connectivity index (χ1v) is 8.24. The van der Waals surface area contributed by atoms with Crippen molar-refractivity contribution >= 4 is 6.29 Å². The second kappa shape index (κ2) is 5.72. The zero-order valence-electron chi connectivity index (χ0n) is 15.1. The van der Waals surface area contributed by atoms with Crippen LogP contribution in [-0.4, -0.2) is 13.4 Å². The van der Waals surface area contributed by atoms with Crippen molar-refractivity contribution in [2.45, 2.75) is 65.7 Å². The van der Waals surface area contributed by atoms with E-state index in [0.717, 1.165) is 30.4 Å². The molecule has 1 aromatic carbocycles. The summed E-state index contributed by atoms with van der Waals surface area (Å²) in [5, 5.41) is 0. The number of benzene rings is 1. The van der Waals surface area contributed by atoms with E-state index >= 15 is 0 Å². The van der Waals surface area contributed by atoms with Crippen molar-refractivity contribution in [1.29, 1.82) is 0 Å². The molecule has 0 radical (unpaired) electrons. The van der Waals surface area contributed by atoms with Gasteiger partial charge in [-0.05, 0) is 46.8 Å². The Hall–Kier alpha value is -1.31. The van der Waals surface area contributed by atoms with Crippen molar-refractivity contribution in [3.8, 4) is 5.75 Å². The predicted molar refractivity (Wildman–Crippen MR) is 91.8 cm³/mol. The van der Waals surface area contributed by atoms with E-state index < -0.39 is 0 Å². The summed E-state index contributed by atoms with van der Waals surface area (Å²) in [7, 11) is 1.70. The van der Waals surface area contributed by atoms with Gasteiger partial charge in [0.2, 0.25) is 0 Å². The van der Waals surface area contributed by atoms with E-state index in [1.165, 1.54) is 11.1 Å². The van der Waals surface area contributed by atoms with Crippen molar-refractivity contribution < 1.29 is 9.53 Å². The molecule has 2 heteroatoms. The fraction of sp³-hybridized carbons (Fsp3) is 0.650. The molecule has 0 amide bonds. The van der Waals surface area contributed by atoms with Crippen LogP contribution in [0.5, 0.6) is 5.75 Å². The molecule has 0 fully saturated rings. The molecule has 0 aliphatic heterocycles. The van der Waals surface area contributed by atoms with Gasteiger partial charge in [0.1, 0.15) is 12.0 Å². The average molecular weight is 302 g/mol. The molecule has 0 spiro atoms. The summed E-state index contributed by atoms with van der Waals surface area (Å²) in [6.07, 6.45) is 3.18. The van der Waals surface area contributed by atoms with Gasteiger partial charge in [-0.25, -0.2) is 0 Å². The molecule has 2 rings (SSSR count). The van der Waals surface area contributed by atoms with E-state index in [2.05, 4.69) is 47.6 Å². The van der Waals surface area contributed by atoms with Crippen LogP contribution in [0.1, 0.15) is 70.6 Å². The molecule has 0 saturated heterocycles. The topological polar surface area (TPSA) is 26.3 Å². The summed E-state index contributed by atoms with van der Waals surface area (Å²) >= 11 is 0. The molecule has 2 unspecified atom stereocenters. The Kier molecular flexibility index (Phi) is 4.43. The number of carbonyl (C=O) groups excluding carboxylic acids is 1. The van der Waals surface area contributed by atoms with Gasteiger partial charge in [-0.3, -0.25) is 0 Å². The van der Waals surface area contributed by atoms with Crippen LogP contribution in [0.15, 0.2) is 12.1 Å². The van der Waals surface area contributed by atoms with E-state index in [4.69, 9.17) is 4.74 Å². The van der Waals surface area contributed by atoms with Crippen molar-refractivity contribution in [1.82, 2.24) is 0 Å². The summed E-state index contributed by atoms with van der Waals surface area (Å²) in [5.74, 6) is 1.22. The summed E-state index contributed by atoms with van der Waals surface area (Å²) in [5.41, 5.74) is 4.15. The van der Waals surface area contributed by atoms with Crippen molar-refractivity contribution in [2.24, 2.45) is 11.3 Å². The van der Waals surface area contributed by atoms with Crippen LogP contribution >= 0.6 is 0 Å². The normalized spacial score (nSPS) is 21.6. The lowest BCUT2D eigenvalue weighted by molar-refractivity contribution is -0.110. The van der Waals surface area contributed by atoms with Gasteiger partial charge in [-0.2, -0.15) is 0 Å². The SMILES string of the molecule is COc1ccc(C(C)(C)C)c2c1C(C=O)C(CC(C)(C)C)C2. The highest BCUT2D eigenvalue weighted by atomic mass is 16.5. The molecular weight excluding hydrogens is 272 g/mol. The van der Waals surface area contributed by atoms with E-state index in [9.17, 15) is 4.79 Å². The predicted octanol–water partition coefficient (Wildman–Crippen LogP) is 4.88. The van der Waals surface area contributed by atoms with Crippen LogP contribution in [0.4, 0.5) is 0 Å². The molecule has 0 saturated carbocycles. The zero-order chi connectivity index (χ0) is 16.7. The number of methoxy groups -OCH3 is 1. The first kappa shape index (κ1) is 17.1. The number of rotatable bonds is 3. The average Bonchev–Trinajstić information content (AvgIpc) is 2.71. The largest absolute Gasteiger partial charge is 0.496 e. The maximum absolute atomic E-state index is 11.8. The molecule has 0 N–H and O–H groups in total. The van der Waals surface area contributed by atoms with Gasteiger partial charge in [0, 0.05) is 11.5 Å². The third-order valence-electron chi connectivity index (χ3n) is 4.67. The fourth-order valence-corrected chi connectivity index (χ4v) is 3.90. The fourth-order valence-electron chi connectivity index (χ4n) is 3.90. The van der Waals surface area contributed by atoms with Crippen molar-refractivity contribution in [3.05, 3.63) is 28.8 Å². The lowest BCUT2D eigenvalue weighted by atomic mass is 9.79. The third-order valence-corrected chi connectivity index (χ3v) is 4.67. The van der Waals surface area contributed by atoms with Gasteiger partial charge in [0.05, 0.1) is 7.11 Å². The zero-order valence-corrected chi connectivity index (χ0v) is 15.1. The van der Waals surface area contributed by atoms with Gasteiger partial charge in [0.15, 0.2) is 0 Å². The molecule has 2 atom stereocenters. The summed E-state index contributed by atoms with van der Waals surface area (Å²) in [4.78, 5) is 11.8. The van der Waals surface area contributed by atoms with Gasteiger partial charge in [-0.1, -0.05) is 47.6 Å². The van der Waals surface area contributed by atoms with Gasteiger partial charge in [0.25, 0.3) is 0 Å². The molecule has 2 nitrogen and oxygen atoms in total. The number of carbonyl (C=O) groups is 1. The van der Waals surface area contributed by atoms with Crippen LogP contribution in [0, 0.1) is 11.3 Å². The Morgan fingerprint density at radius 1 is 1.18 bits per heavy atom. The maximum atomic E-state index is 11.8. The van der Waals surface area contributed by atoms with Crippen LogP contribution in [0.25, 0.3) is 0 Å². The Bertz CT molecular complexity index is 558. The molecule has 1 aliphatic rings. The molecule has 0 heterocycles. The maximum Gasteiger partial charge on any atom is 0.127 e. The molecular formula is C20H30O2. The number of fused-ring (bicyclic) bond motifs is 1. The highest BCUT2D eigenvalue weighted by molar-refractivity contribution is 5.70. The van der Waals surface area contributed by atoms with E-state index in [0.29, 0.717) is 5.92 Å². The molecule has 1 aromatic rings. The van der Waals surface area contributed by atoms with Crippen molar-refractivity contribution in [2.75, 3.05) is 7.11 Å². The Morgan fingerprint density at radius 2 is 1.82 bits per heavy atom. The summed E-state index contributed by atoms with van der Waals surface area (Å²) in [6, 6.07) is 4.22. The minimum absolute atomic E-state index is 0.0357. The number of ether oxygens (including phenoxy) is 1. The van der Waals surface area contributed by atoms with Gasteiger partial charge >= 0.3 is 0 Å². The van der Waals surface area contributed by atoms with E-state index in [-0.39, 0.29) is 16.7 Å². The lowest BCUT2D eigenvalue weighted by Gasteiger charge is -2.25. The molecule has 122 valence electrons. The highest BCUT2D eigenvalue weighted by Gasteiger charge is 2.39. The van der Waals surface area contributed by atoms with Crippen LogP contribution in [-0.2, 0) is 16.6 Å². The highest BCUT2D eigenvalue weighted by Crippen LogP contribution is 2.49. The minimum atomic E-state index is -0.0357. The second-order valence-corrected chi connectivity index (χ2v) is 8.85. The molecule has 1 aliphatic carbocycles. The first-order valence-electron chi connectivity index (χ1n) is 8.24. The van der Waals surface area contributed by atoms with Crippen LogP contribution < -0.4 is 4.74 Å². The smallest absolute Gasteiger partial charge is 0.127 e. The molecule has 22 heavy (non-hydrogen) atoms. The monoisotopic (exact) mass is 302 g/mol. The summed E-state index contributed by atoms with van der Waals surface area (Å²) < 4.78 is 5.58. The second-order valence-electron chi connectivity index (χ2n) is 8.85. The Labute approximate surface area is 135 Å². The number of hydrogen-bond acceptors (Lipinski definition) is 2. The first-order chi connectivity index (χ1) is 10.1. The van der Waals surface area contributed by atoms with Crippen LogP contribution in [0.2, 0.25) is 0 Å². The summed E-state index contributed by atoms with van der Waals surface area (Å²) in [6.45, 7) is 13.5. The minimum Gasteiger partial charge on any atom is -0.496 e. The standard InChI is InChI=1S/C20H30O2/c1-19(2,3)11-13-10-14-16(20(4,5)6)8-9-17(22-7)18(14)15(13)12-21/h8-9,12-13,15H,10-11H2,1-7H3. The quantitative estimate of drug-likeness (QED) is 0.744. The third kappa shape index (κ3) is 3.21. The lowest BCUT2D eigenvalue weighted by Crippen LogP contribution is -2.18. The van der Waals surface area contributed by atoms with Gasteiger partial charge in [-0.15, -0.1) is 0 Å². The number of aldehydes is 1. The number of hydrogen-bond donors (Lipinski definition) is 0.